The Bertz CT molecular complexity index is 512. The van der Waals surface area contributed by atoms with Gasteiger partial charge in [0.1, 0.15) is 0 Å². The Balaban J connectivity index is 1.86. The first-order valence-corrected chi connectivity index (χ1v) is 8.43. The summed E-state index contributed by atoms with van der Waals surface area (Å²) < 4.78 is 4.73. The zero-order chi connectivity index (χ0) is 15.7. The molecule has 2 fully saturated rings. The van der Waals surface area contributed by atoms with Gasteiger partial charge in [-0.1, -0.05) is 31.9 Å². The predicted molar refractivity (Wildman–Crippen MR) is 85.5 cm³/mol. The molecule has 2 aliphatic rings. The molecule has 0 spiro atoms. The van der Waals surface area contributed by atoms with Crippen LogP contribution in [0.4, 0.5) is 0 Å². The number of aliphatic hydroxyl groups is 1. The van der Waals surface area contributed by atoms with Crippen LogP contribution in [0.3, 0.4) is 0 Å². The second-order valence-electron chi connectivity index (χ2n) is 7.14. The number of methoxy groups -OCH3 is 1. The van der Waals surface area contributed by atoms with E-state index in [9.17, 15) is 9.90 Å². The zero-order valence-electron chi connectivity index (χ0n) is 13.5. The second-order valence-corrected chi connectivity index (χ2v) is 7.14. The summed E-state index contributed by atoms with van der Waals surface area (Å²) in [6, 6.07) is 7.28. The molecule has 1 atom stereocenters. The maximum Gasteiger partial charge on any atom is 0.337 e. The van der Waals surface area contributed by atoms with Crippen LogP contribution < -0.4 is 0 Å². The van der Waals surface area contributed by atoms with Crippen molar-refractivity contribution < 1.29 is 14.6 Å². The van der Waals surface area contributed by atoms with E-state index < -0.39 is 6.10 Å². The number of aliphatic hydroxyl groups excluding tert-OH is 1. The topological polar surface area (TPSA) is 46.5 Å². The average molecular weight is 302 g/mol. The number of benzene rings is 1. The predicted octanol–water partition coefficient (Wildman–Crippen LogP) is 4.11. The van der Waals surface area contributed by atoms with E-state index in [2.05, 4.69) is 6.92 Å². The van der Waals surface area contributed by atoms with Crippen molar-refractivity contribution in [2.24, 2.45) is 17.3 Å². The lowest BCUT2D eigenvalue weighted by Crippen LogP contribution is -2.46. The van der Waals surface area contributed by atoms with Crippen molar-refractivity contribution in [1.82, 2.24) is 0 Å². The van der Waals surface area contributed by atoms with Gasteiger partial charge in [-0.3, -0.25) is 0 Å². The minimum Gasteiger partial charge on any atom is -0.465 e. The van der Waals surface area contributed by atoms with Gasteiger partial charge in [-0.2, -0.15) is 0 Å². The highest BCUT2D eigenvalue weighted by Crippen LogP contribution is 2.58. The van der Waals surface area contributed by atoms with E-state index in [1.54, 1.807) is 12.1 Å². The van der Waals surface area contributed by atoms with Crippen molar-refractivity contribution in [3.8, 4) is 0 Å². The van der Waals surface area contributed by atoms with Gasteiger partial charge in [-0.15, -0.1) is 0 Å². The molecule has 0 saturated heterocycles. The summed E-state index contributed by atoms with van der Waals surface area (Å²) in [7, 11) is 1.38. The first-order valence-electron chi connectivity index (χ1n) is 8.43. The van der Waals surface area contributed by atoms with E-state index >= 15 is 0 Å². The fourth-order valence-electron chi connectivity index (χ4n) is 4.81. The van der Waals surface area contributed by atoms with E-state index in [0.717, 1.165) is 5.56 Å². The Kier molecular flexibility index (Phi) is 4.26. The second kappa shape index (κ2) is 6.04. The lowest BCUT2D eigenvalue weighted by atomic mass is 9.52. The first-order chi connectivity index (χ1) is 10.6. The number of fused-ring (bicyclic) bond motifs is 2. The summed E-state index contributed by atoms with van der Waals surface area (Å²) in [5.74, 6) is 0.910. The van der Waals surface area contributed by atoms with E-state index in [1.165, 1.54) is 45.6 Å². The van der Waals surface area contributed by atoms with Crippen LogP contribution in [0.25, 0.3) is 0 Å². The van der Waals surface area contributed by atoms with Crippen molar-refractivity contribution in [2.45, 2.75) is 51.6 Å². The lowest BCUT2D eigenvalue weighted by molar-refractivity contribution is -0.102. The van der Waals surface area contributed by atoms with Crippen LogP contribution in [0.15, 0.2) is 24.3 Å². The number of carbonyl (C=O) groups excluding carboxylic acids is 1. The largest absolute Gasteiger partial charge is 0.465 e. The van der Waals surface area contributed by atoms with E-state index in [1.807, 2.05) is 12.1 Å². The molecule has 0 unspecified atom stereocenters. The summed E-state index contributed by atoms with van der Waals surface area (Å²) in [5, 5.41) is 11.1. The molecule has 1 N–H and O–H groups in total. The molecule has 0 aliphatic heterocycles. The number of carbonyl (C=O) groups is 1. The van der Waals surface area contributed by atoms with Gasteiger partial charge in [0.25, 0.3) is 0 Å². The summed E-state index contributed by atoms with van der Waals surface area (Å²) in [5.41, 5.74) is 1.44. The minimum absolute atomic E-state index is 0.0245. The van der Waals surface area contributed by atoms with Gasteiger partial charge < -0.3 is 9.84 Å². The molecule has 2 bridgehead atoms. The van der Waals surface area contributed by atoms with Gasteiger partial charge in [-0.05, 0) is 55.2 Å². The highest BCUT2D eigenvalue weighted by molar-refractivity contribution is 5.89. The van der Waals surface area contributed by atoms with Crippen LogP contribution in [0, 0.1) is 17.3 Å². The molecule has 0 radical (unpaired) electrons. The Morgan fingerprint density at radius 2 is 1.64 bits per heavy atom. The zero-order valence-corrected chi connectivity index (χ0v) is 13.5. The standard InChI is InChI=1S/C19H26O3/c1-19(15-5-3-6-16(19)8-4-7-15)17(20)13-9-11-14(12-10-13)18(21)22-2/h9-12,15-17,20H,3-8H2,1-2H3/t15?,16?,17-,19?/m1/s1. The van der Waals surface area contributed by atoms with E-state index in [0.29, 0.717) is 17.4 Å². The van der Waals surface area contributed by atoms with Gasteiger partial charge >= 0.3 is 5.97 Å². The fraction of sp³-hybridized carbons (Fsp3) is 0.632. The third-order valence-electron chi connectivity index (χ3n) is 6.21. The molecule has 1 aromatic carbocycles. The van der Waals surface area contributed by atoms with Crippen LogP contribution in [0.1, 0.15) is 67.5 Å². The molecular weight excluding hydrogens is 276 g/mol. The Labute approximate surface area is 132 Å². The molecule has 120 valence electrons. The van der Waals surface area contributed by atoms with Crippen molar-refractivity contribution in [3.05, 3.63) is 35.4 Å². The first kappa shape index (κ1) is 15.5. The van der Waals surface area contributed by atoms with Gasteiger partial charge in [0.2, 0.25) is 0 Å². The van der Waals surface area contributed by atoms with Crippen molar-refractivity contribution in [1.29, 1.82) is 0 Å². The Morgan fingerprint density at radius 1 is 1.14 bits per heavy atom. The molecule has 1 aromatic rings. The van der Waals surface area contributed by atoms with Crippen LogP contribution >= 0.6 is 0 Å². The number of hydrogen-bond acceptors (Lipinski definition) is 3. The molecule has 2 saturated carbocycles. The molecular formula is C19H26O3. The average Bonchev–Trinajstić information content (AvgIpc) is 2.53. The third-order valence-corrected chi connectivity index (χ3v) is 6.21. The number of esters is 1. The van der Waals surface area contributed by atoms with E-state index in [4.69, 9.17) is 4.74 Å². The normalized spacial score (nSPS) is 32.3. The molecule has 2 aliphatic carbocycles. The molecule has 0 aromatic heterocycles. The SMILES string of the molecule is COC(=O)c1ccc([C@@H](O)C2(C)C3CCCC2CCC3)cc1. The third kappa shape index (κ3) is 2.45. The summed E-state index contributed by atoms with van der Waals surface area (Å²) in [6.07, 6.45) is 7.12. The maximum atomic E-state index is 11.5. The monoisotopic (exact) mass is 302 g/mol. The number of hydrogen-bond donors (Lipinski definition) is 1. The summed E-state index contributed by atoms with van der Waals surface area (Å²) >= 11 is 0. The number of ether oxygens (including phenoxy) is 1. The van der Waals surface area contributed by atoms with E-state index in [-0.39, 0.29) is 11.4 Å². The van der Waals surface area contributed by atoms with Crippen LogP contribution in [-0.4, -0.2) is 18.2 Å². The van der Waals surface area contributed by atoms with Crippen LogP contribution in [0.2, 0.25) is 0 Å². The summed E-state index contributed by atoms with van der Waals surface area (Å²) in [4.78, 5) is 11.5. The Hall–Kier alpha value is -1.35. The highest BCUT2D eigenvalue weighted by atomic mass is 16.5. The maximum absolute atomic E-state index is 11.5. The molecule has 3 rings (SSSR count). The lowest BCUT2D eigenvalue weighted by Gasteiger charge is -2.53. The fourth-order valence-corrected chi connectivity index (χ4v) is 4.81. The van der Waals surface area contributed by atoms with Crippen molar-refractivity contribution in [2.75, 3.05) is 7.11 Å². The Morgan fingerprint density at radius 3 is 2.09 bits per heavy atom. The summed E-state index contributed by atoms with van der Waals surface area (Å²) in [6.45, 7) is 2.28. The molecule has 0 heterocycles. The van der Waals surface area contributed by atoms with Crippen LogP contribution in [0.5, 0.6) is 0 Å². The van der Waals surface area contributed by atoms with Gasteiger partial charge in [0.15, 0.2) is 0 Å². The molecule has 3 nitrogen and oxygen atoms in total. The van der Waals surface area contributed by atoms with Crippen LogP contribution in [-0.2, 0) is 4.74 Å². The quantitative estimate of drug-likeness (QED) is 0.855. The highest BCUT2D eigenvalue weighted by Gasteiger charge is 2.50. The van der Waals surface area contributed by atoms with Gasteiger partial charge in [0.05, 0.1) is 18.8 Å². The smallest absolute Gasteiger partial charge is 0.337 e. The number of rotatable bonds is 3. The van der Waals surface area contributed by atoms with Crippen molar-refractivity contribution >= 4 is 5.97 Å². The van der Waals surface area contributed by atoms with Crippen molar-refractivity contribution in [3.63, 3.8) is 0 Å². The van der Waals surface area contributed by atoms with Gasteiger partial charge in [-0.25, -0.2) is 4.79 Å². The molecule has 22 heavy (non-hydrogen) atoms. The minimum atomic E-state index is -0.449. The molecule has 3 heteroatoms. The molecule has 0 amide bonds. The van der Waals surface area contributed by atoms with Gasteiger partial charge in [0, 0.05) is 5.41 Å².